The quantitative estimate of drug-likeness (QED) is 0.346. The van der Waals surface area contributed by atoms with Crippen molar-refractivity contribution >= 4 is 11.6 Å². The molecule has 1 aromatic carbocycles. The van der Waals surface area contributed by atoms with Crippen molar-refractivity contribution in [1.82, 2.24) is 5.43 Å². The molecule has 1 aromatic rings. The van der Waals surface area contributed by atoms with Gasteiger partial charge in [0.1, 0.15) is 5.75 Å². The number of guanidine groups is 1. The molecule has 0 atom stereocenters. The van der Waals surface area contributed by atoms with Crippen LogP contribution in [0.4, 0.5) is 14.5 Å². The van der Waals surface area contributed by atoms with Gasteiger partial charge in [0.05, 0.1) is 11.7 Å². The van der Waals surface area contributed by atoms with Crippen molar-refractivity contribution in [3.63, 3.8) is 0 Å². The maximum absolute atomic E-state index is 12.4. The molecule has 1 saturated carbocycles. The summed E-state index contributed by atoms with van der Waals surface area (Å²) in [5, 5.41) is 2.91. The molecule has 1 aliphatic carbocycles. The molecule has 0 aromatic heterocycles. The standard InChI is InChI=1S/C14H20F2N4O/c15-13(16)21-12-9-5-4-8-11(12)19-14(20-17)18-10-6-2-1-3-7-10/h4-5,8-10,13H,1-3,6-7,17H2,(H2,18,19,20). The predicted octanol–water partition coefficient (Wildman–Crippen LogP) is 2.85. The van der Waals surface area contributed by atoms with Crippen LogP contribution in [-0.4, -0.2) is 18.6 Å². The maximum atomic E-state index is 12.4. The molecule has 2 rings (SSSR count). The molecular formula is C14H20F2N4O. The molecule has 7 heteroatoms. The van der Waals surface area contributed by atoms with E-state index in [1.165, 1.54) is 12.5 Å². The summed E-state index contributed by atoms with van der Waals surface area (Å²) in [4.78, 5) is 4.50. The zero-order valence-electron chi connectivity index (χ0n) is 11.7. The predicted molar refractivity (Wildman–Crippen MR) is 78.3 cm³/mol. The maximum Gasteiger partial charge on any atom is 0.387 e. The molecule has 5 nitrogen and oxygen atoms in total. The van der Waals surface area contributed by atoms with Crippen LogP contribution in [-0.2, 0) is 0 Å². The van der Waals surface area contributed by atoms with Gasteiger partial charge in [-0.2, -0.15) is 8.78 Å². The lowest BCUT2D eigenvalue weighted by atomic mass is 9.96. The first-order valence-corrected chi connectivity index (χ1v) is 7.04. The van der Waals surface area contributed by atoms with E-state index in [-0.39, 0.29) is 11.8 Å². The van der Waals surface area contributed by atoms with E-state index in [1.54, 1.807) is 18.2 Å². The molecule has 0 saturated heterocycles. The van der Waals surface area contributed by atoms with Crippen molar-refractivity contribution in [3.8, 4) is 5.75 Å². The van der Waals surface area contributed by atoms with Crippen molar-refractivity contribution in [2.24, 2.45) is 10.8 Å². The number of alkyl halides is 2. The molecule has 1 fully saturated rings. The summed E-state index contributed by atoms with van der Waals surface area (Å²) in [5.74, 6) is 5.87. The Morgan fingerprint density at radius 1 is 1.24 bits per heavy atom. The van der Waals surface area contributed by atoms with E-state index in [1.807, 2.05) is 0 Å². The summed E-state index contributed by atoms with van der Waals surface area (Å²) in [6, 6.07) is 6.64. The number of hydrogen-bond donors (Lipinski definition) is 3. The van der Waals surface area contributed by atoms with Crippen molar-refractivity contribution in [2.45, 2.75) is 44.8 Å². The van der Waals surface area contributed by atoms with Crippen LogP contribution < -0.4 is 21.3 Å². The van der Waals surface area contributed by atoms with E-state index < -0.39 is 6.61 Å². The fraction of sp³-hybridized carbons (Fsp3) is 0.500. The highest BCUT2D eigenvalue weighted by Gasteiger charge is 2.14. The number of hydrazine groups is 1. The number of nitrogens with zero attached hydrogens (tertiary/aromatic N) is 1. The normalized spacial score (nSPS) is 16.9. The van der Waals surface area contributed by atoms with Gasteiger partial charge < -0.3 is 10.1 Å². The van der Waals surface area contributed by atoms with E-state index in [0.29, 0.717) is 11.6 Å². The highest BCUT2D eigenvalue weighted by atomic mass is 19.3. The number of ether oxygens (including phenoxy) is 1. The van der Waals surface area contributed by atoms with Gasteiger partial charge in [-0.3, -0.25) is 5.43 Å². The van der Waals surface area contributed by atoms with Gasteiger partial charge in [-0.25, -0.2) is 10.8 Å². The van der Waals surface area contributed by atoms with Crippen LogP contribution >= 0.6 is 0 Å². The number of para-hydroxylation sites is 2. The third-order valence-corrected chi connectivity index (χ3v) is 3.38. The molecule has 0 heterocycles. The van der Waals surface area contributed by atoms with Crippen LogP contribution in [0.25, 0.3) is 0 Å². The van der Waals surface area contributed by atoms with Gasteiger partial charge in [0.15, 0.2) is 0 Å². The van der Waals surface area contributed by atoms with Gasteiger partial charge in [-0.1, -0.05) is 31.4 Å². The van der Waals surface area contributed by atoms with Crippen molar-refractivity contribution in [1.29, 1.82) is 0 Å². The SMILES string of the molecule is NNC(=NC1CCCCC1)Nc1ccccc1OC(F)F. The molecule has 0 radical (unpaired) electrons. The molecule has 0 aliphatic heterocycles. The third-order valence-electron chi connectivity index (χ3n) is 3.38. The summed E-state index contributed by atoms with van der Waals surface area (Å²) in [6.45, 7) is -2.88. The highest BCUT2D eigenvalue weighted by molar-refractivity contribution is 5.94. The van der Waals surface area contributed by atoms with Crippen molar-refractivity contribution in [3.05, 3.63) is 24.3 Å². The second-order valence-corrected chi connectivity index (χ2v) is 4.91. The van der Waals surface area contributed by atoms with E-state index >= 15 is 0 Å². The third kappa shape index (κ3) is 4.86. The molecule has 4 N–H and O–H groups in total. The summed E-state index contributed by atoms with van der Waals surface area (Å²) in [5.41, 5.74) is 2.87. The van der Waals surface area contributed by atoms with Crippen LogP contribution in [0.15, 0.2) is 29.3 Å². The van der Waals surface area contributed by atoms with Crippen molar-refractivity contribution in [2.75, 3.05) is 5.32 Å². The van der Waals surface area contributed by atoms with Crippen LogP contribution in [0.5, 0.6) is 5.75 Å². The topological polar surface area (TPSA) is 71.7 Å². The number of nitrogens with two attached hydrogens (primary N) is 1. The van der Waals surface area contributed by atoms with E-state index in [0.717, 1.165) is 25.7 Å². The first kappa shape index (κ1) is 15.5. The largest absolute Gasteiger partial charge is 0.433 e. The number of anilines is 1. The summed E-state index contributed by atoms with van der Waals surface area (Å²) < 4.78 is 29.2. The van der Waals surface area contributed by atoms with E-state index in [2.05, 4.69) is 20.5 Å². The van der Waals surface area contributed by atoms with Gasteiger partial charge in [0.2, 0.25) is 5.96 Å². The number of benzene rings is 1. The Bertz CT molecular complexity index is 476. The Kier molecular flexibility index (Phi) is 5.74. The zero-order chi connectivity index (χ0) is 15.1. The van der Waals surface area contributed by atoms with Gasteiger partial charge in [-0.15, -0.1) is 0 Å². The zero-order valence-corrected chi connectivity index (χ0v) is 11.7. The molecule has 21 heavy (non-hydrogen) atoms. The summed E-state index contributed by atoms with van der Waals surface area (Å²) in [7, 11) is 0. The molecule has 0 amide bonds. The Morgan fingerprint density at radius 2 is 1.95 bits per heavy atom. The van der Waals surface area contributed by atoms with Crippen molar-refractivity contribution < 1.29 is 13.5 Å². The first-order valence-electron chi connectivity index (χ1n) is 7.04. The molecular weight excluding hydrogens is 278 g/mol. The number of aliphatic imine (C=N–C) groups is 1. The minimum absolute atomic E-state index is 0.0547. The van der Waals surface area contributed by atoms with Crippen LogP contribution in [0.2, 0.25) is 0 Å². The lowest BCUT2D eigenvalue weighted by molar-refractivity contribution is -0.0493. The fourth-order valence-corrected chi connectivity index (χ4v) is 2.39. The number of halogens is 2. The minimum Gasteiger partial charge on any atom is -0.433 e. The monoisotopic (exact) mass is 298 g/mol. The summed E-state index contributed by atoms with van der Waals surface area (Å²) >= 11 is 0. The van der Waals surface area contributed by atoms with E-state index in [9.17, 15) is 8.78 Å². The van der Waals surface area contributed by atoms with Gasteiger partial charge >= 0.3 is 6.61 Å². The fourth-order valence-electron chi connectivity index (χ4n) is 2.39. The second kappa shape index (κ2) is 7.78. The average Bonchev–Trinajstić information content (AvgIpc) is 2.49. The smallest absolute Gasteiger partial charge is 0.387 e. The van der Waals surface area contributed by atoms with Gasteiger partial charge in [0, 0.05) is 0 Å². The molecule has 116 valence electrons. The minimum atomic E-state index is -2.88. The molecule has 0 spiro atoms. The molecule has 0 unspecified atom stereocenters. The Morgan fingerprint density at radius 3 is 2.62 bits per heavy atom. The Hall–Kier alpha value is -1.89. The van der Waals surface area contributed by atoms with Gasteiger partial charge in [0.25, 0.3) is 0 Å². The number of nitrogens with one attached hydrogen (secondary N) is 2. The highest BCUT2D eigenvalue weighted by Crippen LogP contribution is 2.26. The molecule has 0 bridgehead atoms. The molecule has 1 aliphatic rings. The Labute approximate surface area is 122 Å². The first-order chi connectivity index (χ1) is 10.2. The van der Waals surface area contributed by atoms with Crippen LogP contribution in [0.1, 0.15) is 32.1 Å². The summed E-state index contributed by atoms with van der Waals surface area (Å²) in [6.07, 6.45) is 5.56. The van der Waals surface area contributed by atoms with Gasteiger partial charge in [-0.05, 0) is 25.0 Å². The van der Waals surface area contributed by atoms with E-state index in [4.69, 9.17) is 5.84 Å². The van der Waals surface area contributed by atoms with Crippen LogP contribution in [0, 0.1) is 0 Å². The number of rotatable bonds is 4. The van der Waals surface area contributed by atoms with Crippen LogP contribution in [0.3, 0.4) is 0 Å². The Balaban J connectivity index is 2.08. The average molecular weight is 298 g/mol. The lowest BCUT2D eigenvalue weighted by Crippen LogP contribution is -2.37. The second-order valence-electron chi connectivity index (χ2n) is 4.91. The number of hydrogen-bond acceptors (Lipinski definition) is 3. The lowest BCUT2D eigenvalue weighted by Gasteiger charge is -2.20.